The molecule has 1 aliphatic carbocycles. The SMILES string of the molecule is CC(C)Oc1ccccc1NC(=O)C1CCC(CN)CC1. The Labute approximate surface area is 127 Å². The van der Waals surface area contributed by atoms with Gasteiger partial charge in [-0.25, -0.2) is 0 Å². The minimum Gasteiger partial charge on any atom is -0.489 e. The highest BCUT2D eigenvalue weighted by Crippen LogP contribution is 2.31. The summed E-state index contributed by atoms with van der Waals surface area (Å²) in [7, 11) is 0. The molecule has 0 aromatic heterocycles. The van der Waals surface area contributed by atoms with Crippen molar-refractivity contribution in [2.24, 2.45) is 17.6 Å². The topological polar surface area (TPSA) is 64.3 Å². The van der Waals surface area contributed by atoms with Crippen LogP contribution in [-0.4, -0.2) is 18.6 Å². The number of hydrogen-bond acceptors (Lipinski definition) is 3. The van der Waals surface area contributed by atoms with E-state index in [0.717, 1.165) is 43.7 Å². The number of carbonyl (C=O) groups excluding carboxylic acids is 1. The normalized spacial score (nSPS) is 22.1. The molecule has 0 bridgehead atoms. The van der Waals surface area contributed by atoms with Crippen LogP contribution in [0.1, 0.15) is 39.5 Å². The highest BCUT2D eigenvalue weighted by Gasteiger charge is 2.26. The quantitative estimate of drug-likeness (QED) is 0.875. The molecule has 0 spiro atoms. The Balaban J connectivity index is 1.97. The Hall–Kier alpha value is -1.55. The summed E-state index contributed by atoms with van der Waals surface area (Å²) < 4.78 is 5.74. The van der Waals surface area contributed by atoms with Crippen LogP contribution in [0.4, 0.5) is 5.69 Å². The second-order valence-electron chi connectivity index (χ2n) is 6.11. The maximum atomic E-state index is 12.4. The first-order valence-electron chi connectivity index (χ1n) is 7.86. The second-order valence-corrected chi connectivity index (χ2v) is 6.11. The summed E-state index contributed by atoms with van der Waals surface area (Å²) in [6.45, 7) is 4.69. The van der Waals surface area contributed by atoms with Gasteiger partial charge in [0.1, 0.15) is 5.75 Å². The fourth-order valence-corrected chi connectivity index (χ4v) is 2.82. The van der Waals surface area contributed by atoms with Crippen LogP contribution in [0.5, 0.6) is 5.75 Å². The van der Waals surface area contributed by atoms with Gasteiger partial charge in [0.2, 0.25) is 5.91 Å². The molecule has 0 heterocycles. The smallest absolute Gasteiger partial charge is 0.227 e. The van der Waals surface area contributed by atoms with Crippen LogP contribution in [0.25, 0.3) is 0 Å². The minimum absolute atomic E-state index is 0.0862. The third-order valence-electron chi connectivity index (χ3n) is 4.06. The molecule has 3 N–H and O–H groups in total. The van der Waals surface area contributed by atoms with Crippen LogP contribution < -0.4 is 15.8 Å². The second kappa shape index (κ2) is 7.46. The van der Waals surface area contributed by atoms with E-state index in [1.165, 1.54) is 0 Å². The van der Waals surface area contributed by atoms with Crippen molar-refractivity contribution < 1.29 is 9.53 Å². The molecule has 1 aromatic rings. The molecule has 1 fully saturated rings. The fraction of sp³-hybridized carbons (Fsp3) is 0.588. The van der Waals surface area contributed by atoms with Crippen molar-refractivity contribution in [1.82, 2.24) is 0 Å². The minimum atomic E-state index is 0.0862. The first-order chi connectivity index (χ1) is 10.1. The Bertz CT molecular complexity index is 466. The fourth-order valence-electron chi connectivity index (χ4n) is 2.82. The third-order valence-corrected chi connectivity index (χ3v) is 4.06. The number of benzene rings is 1. The molecule has 0 unspecified atom stereocenters. The first kappa shape index (κ1) is 15.8. The van der Waals surface area contributed by atoms with Gasteiger partial charge in [-0.1, -0.05) is 12.1 Å². The third kappa shape index (κ3) is 4.46. The summed E-state index contributed by atoms with van der Waals surface area (Å²) in [4.78, 5) is 12.4. The number of ether oxygens (including phenoxy) is 1. The predicted octanol–water partition coefficient (Wildman–Crippen LogP) is 3.18. The van der Waals surface area contributed by atoms with E-state index < -0.39 is 0 Å². The number of para-hydroxylation sites is 2. The summed E-state index contributed by atoms with van der Waals surface area (Å²) in [5.41, 5.74) is 6.46. The molecule has 0 radical (unpaired) electrons. The van der Waals surface area contributed by atoms with Gasteiger partial charge in [0, 0.05) is 5.92 Å². The van der Waals surface area contributed by atoms with E-state index in [4.69, 9.17) is 10.5 Å². The lowest BCUT2D eigenvalue weighted by molar-refractivity contribution is -0.121. The zero-order valence-electron chi connectivity index (χ0n) is 13.0. The summed E-state index contributed by atoms with van der Waals surface area (Å²) in [5.74, 6) is 1.52. The van der Waals surface area contributed by atoms with Crippen molar-refractivity contribution in [3.05, 3.63) is 24.3 Å². The zero-order chi connectivity index (χ0) is 15.2. The van der Waals surface area contributed by atoms with E-state index >= 15 is 0 Å². The van der Waals surface area contributed by atoms with Crippen LogP contribution in [-0.2, 0) is 4.79 Å². The molecular weight excluding hydrogens is 264 g/mol. The summed E-state index contributed by atoms with van der Waals surface area (Å²) >= 11 is 0. The van der Waals surface area contributed by atoms with Gasteiger partial charge >= 0.3 is 0 Å². The molecule has 1 amide bonds. The average molecular weight is 290 g/mol. The summed E-state index contributed by atoms with van der Waals surface area (Å²) in [5, 5.41) is 3.02. The van der Waals surface area contributed by atoms with Gasteiger partial charge < -0.3 is 15.8 Å². The largest absolute Gasteiger partial charge is 0.489 e. The number of anilines is 1. The number of hydrogen-bond donors (Lipinski definition) is 2. The zero-order valence-corrected chi connectivity index (χ0v) is 13.0. The molecule has 116 valence electrons. The van der Waals surface area contributed by atoms with Crippen molar-refractivity contribution in [3.63, 3.8) is 0 Å². The molecule has 1 aliphatic rings. The lowest BCUT2D eigenvalue weighted by atomic mass is 9.81. The molecule has 1 saturated carbocycles. The molecule has 2 rings (SSSR count). The highest BCUT2D eigenvalue weighted by atomic mass is 16.5. The van der Waals surface area contributed by atoms with Crippen molar-refractivity contribution in [1.29, 1.82) is 0 Å². The monoisotopic (exact) mass is 290 g/mol. The van der Waals surface area contributed by atoms with Crippen LogP contribution in [0, 0.1) is 11.8 Å². The predicted molar refractivity (Wildman–Crippen MR) is 85.3 cm³/mol. The van der Waals surface area contributed by atoms with E-state index in [9.17, 15) is 4.79 Å². The Morgan fingerprint density at radius 1 is 1.29 bits per heavy atom. The lowest BCUT2D eigenvalue weighted by Crippen LogP contribution is -2.29. The lowest BCUT2D eigenvalue weighted by Gasteiger charge is -2.27. The van der Waals surface area contributed by atoms with E-state index in [1.54, 1.807) is 0 Å². The Kier molecular flexibility index (Phi) is 5.62. The van der Waals surface area contributed by atoms with E-state index in [-0.39, 0.29) is 17.9 Å². The van der Waals surface area contributed by atoms with Crippen molar-refractivity contribution in [2.75, 3.05) is 11.9 Å². The van der Waals surface area contributed by atoms with Crippen LogP contribution >= 0.6 is 0 Å². The number of nitrogens with one attached hydrogen (secondary N) is 1. The van der Waals surface area contributed by atoms with E-state index in [1.807, 2.05) is 38.1 Å². The van der Waals surface area contributed by atoms with Crippen LogP contribution in [0.2, 0.25) is 0 Å². The van der Waals surface area contributed by atoms with Gasteiger partial charge in [-0.15, -0.1) is 0 Å². The number of rotatable bonds is 5. The maximum absolute atomic E-state index is 12.4. The number of carbonyl (C=O) groups is 1. The van der Waals surface area contributed by atoms with Gasteiger partial charge in [0.15, 0.2) is 0 Å². The molecule has 21 heavy (non-hydrogen) atoms. The average Bonchev–Trinajstić information content (AvgIpc) is 2.49. The summed E-state index contributed by atoms with van der Waals surface area (Å²) in [6, 6.07) is 7.61. The van der Waals surface area contributed by atoms with E-state index in [0.29, 0.717) is 5.92 Å². The van der Waals surface area contributed by atoms with Crippen molar-refractivity contribution in [2.45, 2.75) is 45.6 Å². The molecule has 0 aliphatic heterocycles. The van der Waals surface area contributed by atoms with Gasteiger partial charge in [0.25, 0.3) is 0 Å². The number of nitrogens with two attached hydrogens (primary N) is 1. The van der Waals surface area contributed by atoms with E-state index in [2.05, 4.69) is 5.32 Å². The molecule has 0 atom stereocenters. The first-order valence-corrected chi connectivity index (χ1v) is 7.86. The van der Waals surface area contributed by atoms with Gasteiger partial charge in [-0.2, -0.15) is 0 Å². The summed E-state index contributed by atoms with van der Waals surface area (Å²) in [6.07, 6.45) is 4.06. The van der Waals surface area contributed by atoms with Gasteiger partial charge in [0.05, 0.1) is 11.8 Å². The maximum Gasteiger partial charge on any atom is 0.227 e. The molecule has 1 aromatic carbocycles. The van der Waals surface area contributed by atoms with Crippen LogP contribution in [0.3, 0.4) is 0 Å². The van der Waals surface area contributed by atoms with Crippen LogP contribution in [0.15, 0.2) is 24.3 Å². The molecule has 4 heteroatoms. The Morgan fingerprint density at radius 2 is 1.95 bits per heavy atom. The van der Waals surface area contributed by atoms with Crippen molar-refractivity contribution >= 4 is 11.6 Å². The van der Waals surface area contributed by atoms with Crippen molar-refractivity contribution in [3.8, 4) is 5.75 Å². The standard InChI is InChI=1S/C17H26N2O2/c1-12(2)21-16-6-4-3-5-15(16)19-17(20)14-9-7-13(11-18)8-10-14/h3-6,12-14H,7-11,18H2,1-2H3,(H,19,20). The molecule has 4 nitrogen and oxygen atoms in total. The van der Waals surface area contributed by atoms with Gasteiger partial charge in [-0.05, 0) is 64.1 Å². The molecular formula is C17H26N2O2. The van der Waals surface area contributed by atoms with Gasteiger partial charge in [-0.3, -0.25) is 4.79 Å². The number of amides is 1. The molecule has 0 saturated heterocycles. The Morgan fingerprint density at radius 3 is 2.57 bits per heavy atom. The highest BCUT2D eigenvalue weighted by molar-refractivity contribution is 5.94.